The third-order valence-electron chi connectivity index (χ3n) is 1.91. The Bertz CT molecular complexity index is 427. The lowest BCUT2D eigenvalue weighted by Gasteiger charge is -2.02. The molecule has 0 fully saturated rings. The molecule has 0 amide bonds. The minimum Gasteiger partial charge on any atom is -0.508 e. The molecule has 0 saturated heterocycles. The molecule has 0 saturated carbocycles. The van der Waals surface area contributed by atoms with Crippen LogP contribution in [0.5, 0.6) is 5.75 Å². The van der Waals surface area contributed by atoms with E-state index in [9.17, 15) is 5.11 Å². The van der Waals surface area contributed by atoms with E-state index in [0.29, 0.717) is 0 Å². The molecule has 0 aliphatic carbocycles. The number of anilines is 1. The molecule has 15 heavy (non-hydrogen) atoms. The second-order valence-corrected chi connectivity index (χ2v) is 4.32. The van der Waals surface area contributed by atoms with E-state index in [2.05, 4.69) is 0 Å². The number of hydrogen-bond acceptors (Lipinski definition) is 3. The molecular formula is C12H11NOS. The molecule has 0 radical (unpaired) electrons. The Morgan fingerprint density at radius 3 is 2.27 bits per heavy atom. The van der Waals surface area contributed by atoms with E-state index in [0.717, 1.165) is 15.5 Å². The quantitative estimate of drug-likeness (QED) is 0.760. The van der Waals surface area contributed by atoms with Gasteiger partial charge in [0.05, 0.1) is 0 Å². The Kier molecular flexibility index (Phi) is 2.83. The minimum atomic E-state index is 0.281. The molecule has 0 spiro atoms. The Labute approximate surface area is 92.7 Å². The van der Waals surface area contributed by atoms with Crippen molar-refractivity contribution in [2.75, 3.05) is 5.73 Å². The van der Waals surface area contributed by atoms with Gasteiger partial charge in [-0.3, -0.25) is 0 Å². The number of nitrogens with two attached hydrogens (primary N) is 1. The fourth-order valence-electron chi connectivity index (χ4n) is 1.26. The summed E-state index contributed by atoms with van der Waals surface area (Å²) >= 11 is 1.58. The normalized spacial score (nSPS) is 10.1. The van der Waals surface area contributed by atoms with Gasteiger partial charge < -0.3 is 10.8 Å². The maximum atomic E-state index is 9.31. The van der Waals surface area contributed by atoms with Crippen LogP contribution in [0.25, 0.3) is 0 Å². The van der Waals surface area contributed by atoms with Crippen molar-refractivity contribution in [3.63, 3.8) is 0 Å². The number of phenolic OH excluding ortho intramolecular Hbond substituents is 1. The molecular weight excluding hydrogens is 206 g/mol. The van der Waals surface area contributed by atoms with E-state index in [1.807, 2.05) is 36.4 Å². The van der Waals surface area contributed by atoms with E-state index in [1.54, 1.807) is 23.9 Å². The molecule has 0 heterocycles. The van der Waals surface area contributed by atoms with E-state index < -0.39 is 0 Å². The van der Waals surface area contributed by atoms with Crippen molar-refractivity contribution in [1.82, 2.24) is 0 Å². The fourth-order valence-corrected chi connectivity index (χ4v) is 2.20. The van der Waals surface area contributed by atoms with Crippen LogP contribution in [0.1, 0.15) is 0 Å². The summed E-state index contributed by atoms with van der Waals surface area (Å²) in [6, 6.07) is 14.8. The van der Waals surface area contributed by atoms with Crippen molar-refractivity contribution < 1.29 is 5.11 Å². The van der Waals surface area contributed by atoms with E-state index in [4.69, 9.17) is 5.73 Å². The van der Waals surface area contributed by atoms with Crippen LogP contribution in [-0.4, -0.2) is 5.11 Å². The van der Waals surface area contributed by atoms with Crippen molar-refractivity contribution in [3.05, 3.63) is 48.5 Å². The van der Waals surface area contributed by atoms with Gasteiger partial charge in [-0.05, 0) is 36.4 Å². The molecule has 0 atom stereocenters. The smallest absolute Gasteiger partial charge is 0.116 e. The molecule has 2 nitrogen and oxygen atoms in total. The topological polar surface area (TPSA) is 46.2 Å². The first kappa shape index (κ1) is 9.93. The van der Waals surface area contributed by atoms with Gasteiger partial charge in [-0.15, -0.1) is 0 Å². The molecule has 3 N–H and O–H groups in total. The van der Waals surface area contributed by atoms with Crippen LogP contribution in [-0.2, 0) is 0 Å². The first-order valence-corrected chi connectivity index (χ1v) is 5.38. The molecule has 0 aliphatic heterocycles. The average molecular weight is 217 g/mol. The minimum absolute atomic E-state index is 0.281. The summed E-state index contributed by atoms with van der Waals surface area (Å²) in [5.41, 5.74) is 6.43. The Morgan fingerprint density at radius 1 is 0.933 bits per heavy atom. The lowest BCUT2D eigenvalue weighted by Crippen LogP contribution is -1.83. The lowest BCUT2D eigenvalue weighted by molar-refractivity contribution is 0.474. The van der Waals surface area contributed by atoms with Gasteiger partial charge in [0.1, 0.15) is 5.75 Å². The van der Waals surface area contributed by atoms with Crippen molar-refractivity contribution in [1.29, 1.82) is 0 Å². The summed E-state index contributed by atoms with van der Waals surface area (Å²) in [6.45, 7) is 0. The molecule has 2 aromatic rings. The highest BCUT2D eigenvalue weighted by Crippen LogP contribution is 2.30. The molecule has 0 aromatic heterocycles. The monoisotopic (exact) mass is 217 g/mol. The van der Waals surface area contributed by atoms with Crippen molar-refractivity contribution >= 4 is 17.4 Å². The van der Waals surface area contributed by atoms with E-state index >= 15 is 0 Å². The van der Waals surface area contributed by atoms with E-state index in [1.165, 1.54) is 0 Å². The third kappa shape index (κ3) is 2.67. The molecule has 0 bridgehead atoms. The van der Waals surface area contributed by atoms with Crippen LogP contribution in [0.4, 0.5) is 5.69 Å². The van der Waals surface area contributed by atoms with Gasteiger partial charge in [0.15, 0.2) is 0 Å². The van der Waals surface area contributed by atoms with Crippen molar-refractivity contribution in [2.24, 2.45) is 0 Å². The number of benzene rings is 2. The first-order valence-electron chi connectivity index (χ1n) is 4.56. The van der Waals surface area contributed by atoms with Gasteiger partial charge in [0.2, 0.25) is 0 Å². The highest BCUT2D eigenvalue weighted by molar-refractivity contribution is 7.99. The zero-order valence-electron chi connectivity index (χ0n) is 8.05. The van der Waals surface area contributed by atoms with Crippen LogP contribution >= 0.6 is 11.8 Å². The summed E-state index contributed by atoms with van der Waals surface area (Å²) in [7, 11) is 0. The SMILES string of the molecule is Nc1cccc(Sc2cccc(O)c2)c1. The summed E-state index contributed by atoms with van der Waals surface area (Å²) < 4.78 is 0. The number of aromatic hydroxyl groups is 1. The summed E-state index contributed by atoms with van der Waals surface area (Å²) in [4.78, 5) is 2.07. The first-order chi connectivity index (χ1) is 7.24. The molecule has 2 rings (SSSR count). The largest absolute Gasteiger partial charge is 0.508 e. The van der Waals surface area contributed by atoms with Crippen LogP contribution in [0.2, 0.25) is 0 Å². The summed E-state index contributed by atoms with van der Waals surface area (Å²) in [6.07, 6.45) is 0. The van der Waals surface area contributed by atoms with Crippen LogP contribution < -0.4 is 5.73 Å². The second kappa shape index (κ2) is 4.28. The van der Waals surface area contributed by atoms with E-state index in [-0.39, 0.29) is 5.75 Å². The predicted octanol–water partition coefficient (Wildman–Crippen LogP) is 3.13. The molecule has 0 aliphatic rings. The molecule has 76 valence electrons. The van der Waals surface area contributed by atoms with Gasteiger partial charge in [-0.1, -0.05) is 23.9 Å². The van der Waals surface area contributed by atoms with Crippen LogP contribution in [0.3, 0.4) is 0 Å². The summed E-state index contributed by atoms with van der Waals surface area (Å²) in [5, 5.41) is 9.31. The van der Waals surface area contributed by atoms with Gasteiger partial charge >= 0.3 is 0 Å². The van der Waals surface area contributed by atoms with Crippen LogP contribution in [0.15, 0.2) is 58.3 Å². The molecule has 3 heteroatoms. The number of hydrogen-bond donors (Lipinski definition) is 2. The Morgan fingerprint density at radius 2 is 1.60 bits per heavy atom. The maximum Gasteiger partial charge on any atom is 0.116 e. The van der Waals surface area contributed by atoms with Gasteiger partial charge in [0.25, 0.3) is 0 Å². The van der Waals surface area contributed by atoms with Gasteiger partial charge in [-0.2, -0.15) is 0 Å². The van der Waals surface area contributed by atoms with Gasteiger partial charge in [-0.25, -0.2) is 0 Å². The van der Waals surface area contributed by atoms with Gasteiger partial charge in [0, 0.05) is 15.5 Å². The highest BCUT2D eigenvalue weighted by atomic mass is 32.2. The third-order valence-corrected chi connectivity index (χ3v) is 2.89. The fraction of sp³-hybridized carbons (Fsp3) is 0. The number of nitrogen functional groups attached to an aromatic ring is 1. The predicted molar refractivity (Wildman–Crippen MR) is 63.1 cm³/mol. The Balaban J connectivity index is 2.22. The average Bonchev–Trinajstić information content (AvgIpc) is 2.17. The zero-order valence-corrected chi connectivity index (χ0v) is 8.87. The molecule has 0 unspecified atom stereocenters. The lowest BCUT2D eigenvalue weighted by atomic mass is 10.3. The Hall–Kier alpha value is -1.61. The molecule has 2 aromatic carbocycles. The second-order valence-electron chi connectivity index (χ2n) is 3.17. The van der Waals surface area contributed by atoms with Crippen molar-refractivity contribution in [3.8, 4) is 5.75 Å². The number of rotatable bonds is 2. The summed E-state index contributed by atoms with van der Waals surface area (Å²) in [5.74, 6) is 0.281. The van der Waals surface area contributed by atoms with Crippen molar-refractivity contribution in [2.45, 2.75) is 9.79 Å². The standard InChI is InChI=1S/C12H11NOS/c13-9-3-1-5-11(7-9)15-12-6-2-4-10(14)8-12/h1-8,14H,13H2. The number of phenols is 1. The maximum absolute atomic E-state index is 9.31. The highest BCUT2D eigenvalue weighted by Gasteiger charge is 1.98. The zero-order chi connectivity index (χ0) is 10.7. The van der Waals surface area contributed by atoms with Crippen LogP contribution in [0, 0.1) is 0 Å².